The standard InChI is InChI=1S/C19H20ClFN2O/c1-2-14-6-3-4-9-17(14)22-10-12-23(13-11-22)19(24)18-15(20)7-5-8-16(18)21/h3-9H,2,10-13H2,1H3. The highest BCUT2D eigenvalue weighted by Crippen LogP contribution is 2.24. The molecule has 0 spiro atoms. The molecule has 3 nitrogen and oxygen atoms in total. The molecule has 0 radical (unpaired) electrons. The van der Waals surface area contributed by atoms with E-state index in [9.17, 15) is 9.18 Å². The van der Waals surface area contributed by atoms with Crippen LogP contribution in [0.5, 0.6) is 0 Å². The summed E-state index contributed by atoms with van der Waals surface area (Å²) in [7, 11) is 0. The first-order valence-electron chi connectivity index (χ1n) is 8.18. The first-order chi connectivity index (χ1) is 11.6. The molecule has 1 amide bonds. The van der Waals surface area contributed by atoms with Crippen molar-refractivity contribution in [3.63, 3.8) is 0 Å². The van der Waals surface area contributed by atoms with E-state index in [2.05, 4.69) is 24.0 Å². The lowest BCUT2D eigenvalue weighted by atomic mass is 10.1. The predicted octanol–water partition coefficient (Wildman–Crippen LogP) is 4.00. The van der Waals surface area contributed by atoms with Gasteiger partial charge < -0.3 is 9.80 Å². The maximum Gasteiger partial charge on any atom is 0.258 e. The fraction of sp³-hybridized carbons (Fsp3) is 0.316. The van der Waals surface area contributed by atoms with Crippen molar-refractivity contribution in [3.05, 3.63) is 64.4 Å². The molecular weight excluding hydrogens is 327 g/mol. The smallest absolute Gasteiger partial charge is 0.258 e. The minimum atomic E-state index is -0.564. The normalized spacial score (nSPS) is 14.8. The highest BCUT2D eigenvalue weighted by Gasteiger charge is 2.26. The number of rotatable bonds is 3. The Labute approximate surface area is 146 Å². The van der Waals surface area contributed by atoms with Crippen LogP contribution in [0.4, 0.5) is 10.1 Å². The molecule has 2 aromatic rings. The number of aryl methyl sites for hydroxylation is 1. The van der Waals surface area contributed by atoms with Crippen LogP contribution in [-0.4, -0.2) is 37.0 Å². The van der Waals surface area contributed by atoms with Crippen LogP contribution in [0.15, 0.2) is 42.5 Å². The lowest BCUT2D eigenvalue weighted by Crippen LogP contribution is -2.49. The summed E-state index contributed by atoms with van der Waals surface area (Å²) < 4.78 is 14.0. The van der Waals surface area contributed by atoms with E-state index in [0.717, 1.165) is 19.5 Å². The third kappa shape index (κ3) is 3.24. The van der Waals surface area contributed by atoms with Gasteiger partial charge in [0.05, 0.1) is 10.6 Å². The molecule has 1 heterocycles. The largest absolute Gasteiger partial charge is 0.368 e. The molecule has 126 valence electrons. The van der Waals surface area contributed by atoms with E-state index in [1.54, 1.807) is 11.0 Å². The van der Waals surface area contributed by atoms with Gasteiger partial charge in [0.15, 0.2) is 0 Å². The number of carbonyl (C=O) groups is 1. The zero-order valence-corrected chi connectivity index (χ0v) is 14.4. The van der Waals surface area contributed by atoms with E-state index in [-0.39, 0.29) is 16.5 Å². The van der Waals surface area contributed by atoms with Gasteiger partial charge >= 0.3 is 0 Å². The molecule has 0 aliphatic carbocycles. The van der Waals surface area contributed by atoms with Crippen LogP contribution >= 0.6 is 11.6 Å². The summed E-state index contributed by atoms with van der Waals surface area (Å²) in [5, 5.41) is 0.166. The molecule has 0 unspecified atom stereocenters. The number of piperazine rings is 1. The Balaban J connectivity index is 1.72. The summed E-state index contributed by atoms with van der Waals surface area (Å²) in [6.45, 7) is 4.71. The van der Waals surface area contributed by atoms with Crippen molar-refractivity contribution in [1.82, 2.24) is 4.90 Å². The van der Waals surface area contributed by atoms with E-state index in [0.29, 0.717) is 13.1 Å². The molecule has 0 N–H and O–H groups in total. The number of para-hydroxylation sites is 1. The van der Waals surface area contributed by atoms with Gasteiger partial charge in [0.1, 0.15) is 5.82 Å². The summed E-state index contributed by atoms with van der Waals surface area (Å²) in [6.07, 6.45) is 0.972. The Morgan fingerprint density at radius 3 is 2.46 bits per heavy atom. The lowest BCUT2D eigenvalue weighted by Gasteiger charge is -2.37. The van der Waals surface area contributed by atoms with Crippen molar-refractivity contribution in [2.75, 3.05) is 31.1 Å². The Bertz CT molecular complexity index is 722. The molecule has 0 atom stereocenters. The molecule has 1 aliphatic heterocycles. The third-order valence-corrected chi connectivity index (χ3v) is 4.77. The topological polar surface area (TPSA) is 23.6 Å². The fourth-order valence-corrected chi connectivity index (χ4v) is 3.37. The summed E-state index contributed by atoms with van der Waals surface area (Å²) in [5.74, 6) is -0.896. The van der Waals surface area contributed by atoms with Crippen LogP contribution in [0.1, 0.15) is 22.8 Å². The number of anilines is 1. The number of nitrogens with zero attached hydrogens (tertiary/aromatic N) is 2. The van der Waals surface area contributed by atoms with Gasteiger partial charge in [-0.25, -0.2) is 4.39 Å². The van der Waals surface area contributed by atoms with Crippen LogP contribution in [0.3, 0.4) is 0 Å². The van der Waals surface area contributed by atoms with Gasteiger partial charge in [-0.2, -0.15) is 0 Å². The second kappa shape index (κ2) is 7.22. The van der Waals surface area contributed by atoms with Gasteiger partial charge in [-0.15, -0.1) is 0 Å². The summed E-state index contributed by atoms with van der Waals surface area (Å²) in [4.78, 5) is 16.5. The average Bonchev–Trinajstić information content (AvgIpc) is 2.61. The average molecular weight is 347 g/mol. The number of carbonyl (C=O) groups excluding carboxylic acids is 1. The van der Waals surface area contributed by atoms with Gasteiger partial charge in [0.2, 0.25) is 0 Å². The molecule has 2 aromatic carbocycles. The molecule has 24 heavy (non-hydrogen) atoms. The molecule has 5 heteroatoms. The maximum atomic E-state index is 14.0. The first kappa shape index (κ1) is 16.8. The van der Waals surface area contributed by atoms with Gasteiger partial charge in [-0.05, 0) is 30.2 Å². The summed E-state index contributed by atoms with van der Waals surface area (Å²) in [6, 6.07) is 12.6. The molecule has 0 aromatic heterocycles. The number of amides is 1. The molecule has 3 rings (SSSR count). The van der Waals surface area contributed by atoms with Gasteiger partial charge in [0.25, 0.3) is 5.91 Å². The third-order valence-electron chi connectivity index (χ3n) is 4.46. The number of halogens is 2. The van der Waals surface area contributed by atoms with Crippen LogP contribution < -0.4 is 4.90 Å². The Morgan fingerprint density at radius 2 is 1.79 bits per heavy atom. The van der Waals surface area contributed by atoms with Gasteiger partial charge in [-0.3, -0.25) is 4.79 Å². The molecule has 1 aliphatic rings. The molecule has 0 bridgehead atoms. The minimum absolute atomic E-state index is 0.0263. The van der Waals surface area contributed by atoms with Crippen LogP contribution in [0.2, 0.25) is 5.02 Å². The van der Waals surface area contributed by atoms with E-state index in [4.69, 9.17) is 11.6 Å². The van der Waals surface area contributed by atoms with Gasteiger partial charge in [-0.1, -0.05) is 42.8 Å². The van der Waals surface area contributed by atoms with E-state index < -0.39 is 5.82 Å². The number of hydrogen-bond donors (Lipinski definition) is 0. The quantitative estimate of drug-likeness (QED) is 0.838. The van der Waals surface area contributed by atoms with Crippen LogP contribution in [0.25, 0.3) is 0 Å². The molecular formula is C19H20ClFN2O. The first-order valence-corrected chi connectivity index (χ1v) is 8.55. The second-order valence-corrected chi connectivity index (χ2v) is 6.27. The van der Waals surface area contributed by atoms with Crippen LogP contribution in [0, 0.1) is 5.82 Å². The van der Waals surface area contributed by atoms with Crippen molar-refractivity contribution < 1.29 is 9.18 Å². The molecule has 1 fully saturated rings. The highest BCUT2D eigenvalue weighted by atomic mass is 35.5. The van der Waals surface area contributed by atoms with Crippen molar-refractivity contribution in [2.24, 2.45) is 0 Å². The zero-order chi connectivity index (χ0) is 17.1. The lowest BCUT2D eigenvalue weighted by molar-refractivity contribution is 0.0742. The number of hydrogen-bond acceptors (Lipinski definition) is 2. The summed E-state index contributed by atoms with van der Waals surface area (Å²) >= 11 is 6.01. The highest BCUT2D eigenvalue weighted by molar-refractivity contribution is 6.33. The van der Waals surface area contributed by atoms with Crippen molar-refractivity contribution in [1.29, 1.82) is 0 Å². The minimum Gasteiger partial charge on any atom is -0.368 e. The Morgan fingerprint density at radius 1 is 1.08 bits per heavy atom. The number of benzene rings is 2. The van der Waals surface area contributed by atoms with E-state index in [1.807, 2.05) is 12.1 Å². The van der Waals surface area contributed by atoms with Crippen molar-refractivity contribution >= 4 is 23.2 Å². The predicted molar refractivity (Wildman–Crippen MR) is 95.3 cm³/mol. The molecule has 0 saturated carbocycles. The second-order valence-electron chi connectivity index (χ2n) is 5.86. The van der Waals surface area contributed by atoms with Gasteiger partial charge in [0, 0.05) is 31.9 Å². The van der Waals surface area contributed by atoms with E-state index >= 15 is 0 Å². The fourth-order valence-electron chi connectivity index (χ4n) is 3.13. The SMILES string of the molecule is CCc1ccccc1N1CCN(C(=O)c2c(F)cccc2Cl)CC1. The Hall–Kier alpha value is -2.07. The molecule has 1 saturated heterocycles. The summed E-state index contributed by atoms with van der Waals surface area (Å²) in [5.41, 5.74) is 2.49. The maximum absolute atomic E-state index is 14.0. The van der Waals surface area contributed by atoms with E-state index in [1.165, 1.54) is 23.4 Å². The van der Waals surface area contributed by atoms with Crippen molar-refractivity contribution in [2.45, 2.75) is 13.3 Å². The monoisotopic (exact) mass is 346 g/mol. The van der Waals surface area contributed by atoms with Crippen molar-refractivity contribution in [3.8, 4) is 0 Å². The van der Waals surface area contributed by atoms with Crippen LogP contribution in [-0.2, 0) is 6.42 Å². The zero-order valence-electron chi connectivity index (χ0n) is 13.6. The Kier molecular flexibility index (Phi) is 5.05.